The summed E-state index contributed by atoms with van der Waals surface area (Å²) < 4.78 is 11.9. The molecule has 3 N–H and O–H groups in total. The Labute approximate surface area is 187 Å². The quantitative estimate of drug-likeness (QED) is 0.519. The second-order valence-electron chi connectivity index (χ2n) is 9.16. The predicted molar refractivity (Wildman–Crippen MR) is 122 cm³/mol. The van der Waals surface area contributed by atoms with Gasteiger partial charge in [-0.1, -0.05) is 30.3 Å². The van der Waals surface area contributed by atoms with Crippen molar-refractivity contribution in [3.8, 4) is 5.75 Å². The van der Waals surface area contributed by atoms with E-state index in [1.54, 1.807) is 6.26 Å². The molecule has 7 heteroatoms. The highest BCUT2D eigenvalue weighted by atomic mass is 16.5. The monoisotopic (exact) mass is 433 g/mol. The van der Waals surface area contributed by atoms with Gasteiger partial charge in [0.05, 0.1) is 18.6 Å². The minimum Gasteiger partial charge on any atom is -0.487 e. The number of aryl methyl sites for hydroxylation is 1. The first-order chi connectivity index (χ1) is 15.5. The molecule has 1 atom stereocenters. The minimum absolute atomic E-state index is 0.0215. The lowest BCUT2D eigenvalue weighted by Gasteiger charge is -2.35. The van der Waals surface area contributed by atoms with E-state index in [0.29, 0.717) is 0 Å². The number of ether oxygens (including phenoxy) is 1. The van der Waals surface area contributed by atoms with Crippen molar-refractivity contribution in [2.24, 2.45) is 0 Å². The van der Waals surface area contributed by atoms with E-state index in [4.69, 9.17) is 9.15 Å². The normalized spacial score (nSPS) is 17.7. The van der Waals surface area contributed by atoms with Crippen LogP contribution in [-0.4, -0.2) is 34.6 Å². The maximum Gasteiger partial charge on any atom is 0.475 e. The Kier molecular flexibility index (Phi) is 5.70. The zero-order valence-electron chi connectivity index (χ0n) is 18.0. The Morgan fingerprint density at radius 2 is 1.94 bits per heavy atom. The van der Waals surface area contributed by atoms with Crippen LogP contribution in [0.25, 0.3) is 11.0 Å². The molecule has 5 rings (SSSR count). The molecule has 2 aromatic carbocycles. The summed E-state index contributed by atoms with van der Waals surface area (Å²) in [5, 5.41) is 23.4. The number of para-hydroxylation sites is 1. The molecule has 32 heavy (non-hydrogen) atoms. The van der Waals surface area contributed by atoms with Crippen LogP contribution in [0.1, 0.15) is 48.8 Å². The first-order valence-corrected chi connectivity index (χ1v) is 11.4. The van der Waals surface area contributed by atoms with Gasteiger partial charge in [0.1, 0.15) is 16.9 Å². The molecule has 0 radical (unpaired) electrons. The average molecular weight is 433 g/mol. The van der Waals surface area contributed by atoms with Crippen LogP contribution in [0.3, 0.4) is 0 Å². The molecule has 1 saturated carbocycles. The van der Waals surface area contributed by atoms with Crippen molar-refractivity contribution in [3.63, 3.8) is 0 Å². The van der Waals surface area contributed by atoms with Gasteiger partial charge >= 0.3 is 7.12 Å². The molecule has 0 saturated heterocycles. The lowest BCUT2D eigenvalue weighted by molar-refractivity contribution is -0.120. The van der Waals surface area contributed by atoms with E-state index in [1.165, 1.54) is 12.8 Å². The highest BCUT2D eigenvalue weighted by Crippen LogP contribution is 2.43. The van der Waals surface area contributed by atoms with Gasteiger partial charge in [-0.05, 0) is 73.8 Å². The van der Waals surface area contributed by atoms with E-state index < -0.39 is 13.1 Å². The van der Waals surface area contributed by atoms with Gasteiger partial charge in [-0.25, -0.2) is 0 Å². The second kappa shape index (κ2) is 8.64. The van der Waals surface area contributed by atoms with Crippen molar-refractivity contribution < 1.29 is 24.0 Å². The summed E-state index contributed by atoms with van der Waals surface area (Å²) in [5.41, 5.74) is 3.62. The molecular weight excluding hydrogens is 405 g/mol. The average Bonchev–Trinajstić information content (AvgIpc) is 3.41. The third-order valence-electron chi connectivity index (χ3n) is 6.89. The lowest BCUT2D eigenvalue weighted by Crippen LogP contribution is -2.48. The Morgan fingerprint density at radius 1 is 1.12 bits per heavy atom. The molecule has 0 bridgehead atoms. The zero-order chi connectivity index (χ0) is 22.1. The summed E-state index contributed by atoms with van der Waals surface area (Å²) in [6.45, 7) is 0. The highest BCUT2D eigenvalue weighted by Gasteiger charge is 2.39. The van der Waals surface area contributed by atoms with Crippen molar-refractivity contribution in [1.29, 1.82) is 0 Å². The summed E-state index contributed by atoms with van der Waals surface area (Å²) >= 11 is 0. The number of carbonyl (C=O) groups excluding carboxylic acids is 1. The molecule has 3 aromatic rings. The molecular formula is C25H28BNO5. The van der Waals surface area contributed by atoms with Gasteiger partial charge in [0, 0.05) is 5.39 Å². The molecule has 1 spiro atoms. The number of rotatable bonds is 6. The van der Waals surface area contributed by atoms with Crippen LogP contribution < -0.4 is 10.1 Å². The Hall–Kier alpha value is -2.77. The fourth-order valence-electron chi connectivity index (χ4n) is 5.16. The van der Waals surface area contributed by atoms with Crippen LogP contribution in [0.2, 0.25) is 0 Å². The standard InChI is InChI=1S/C25H28BNO5/c28-24(27-23(26(29)30)15-19-16-31-22-6-2-1-5-20(19)22)14-17-7-8-21-18(13-17)9-12-25(32-21)10-3-4-11-25/h1-2,5-8,13,16,23,29-30H,3-4,9-12,14-15H2,(H,27,28)/t23-/m0/s1. The molecule has 166 valence electrons. The molecule has 1 fully saturated rings. The number of benzene rings is 2. The molecule has 0 unspecified atom stereocenters. The number of hydrogen-bond acceptors (Lipinski definition) is 5. The second-order valence-corrected chi connectivity index (χ2v) is 9.16. The van der Waals surface area contributed by atoms with Crippen molar-refractivity contribution in [2.75, 3.05) is 0 Å². The Balaban J connectivity index is 1.24. The van der Waals surface area contributed by atoms with Crippen LogP contribution in [-0.2, 0) is 24.1 Å². The minimum atomic E-state index is -1.67. The SMILES string of the molecule is O=C(Cc1ccc2c(c1)CCC1(CCCC1)O2)N[C@@H](Cc1coc2ccccc12)B(O)O. The predicted octanol–water partition coefficient (Wildman–Crippen LogP) is 3.35. The zero-order valence-corrected chi connectivity index (χ0v) is 18.0. The van der Waals surface area contributed by atoms with E-state index in [0.717, 1.165) is 59.1 Å². The van der Waals surface area contributed by atoms with Gasteiger partial charge in [0.15, 0.2) is 0 Å². The molecule has 2 heterocycles. The molecule has 1 amide bonds. The molecule has 2 aliphatic rings. The molecule has 1 aromatic heterocycles. The highest BCUT2D eigenvalue weighted by molar-refractivity contribution is 6.43. The van der Waals surface area contributed by atoms with Gasteiger partial charge < -0.3 is 24.5 Å². The van der Waals surface area contributed by atoms with E-state index >= 15 is 0 Å². The van der Waals surface area contributed by atoms with E-state index in [9.17, 15) is 14.8 Å². The number of nitrogens with one attached hydrogen (secondary N) is 1. The van der Waals surface area contributed by atoms with Crippen molar-refractivity contribution >= 4 is 24.0 Å². The van der Waals surface area contributed by atoms with Crippen LogP contribution >= 0.6 is 0 Å². The number of hydrogen-bond donors (Lipinski definition) is 3. The molecule has 6 nitrogen and oxygen atoms in total. The van der Waals surface area contributed by atoms with Crippen LogP contribution in [0.5, 0.6) is 5.75 Å². The van der Waals surface area contributed by atoms with Crippen molar-refractivity contribution in [1.82, 2.24) is 5.32 Å². The number of carbonyl (C=O) groups is 1. The van der Waals surface area contributed by atoms with Gasteiger partial charge in [0.25, 0.3) is 0 Å². The van der Waals surface area contributed by atoms with Gasteiger partial charge in [-0.2, -0.15) is 0 Å². The van der Waals surface area contributed by atoms with Crippen molar-refractivity contribution in [3.05, 3.63) is 65.4 Å². The van der Waals surface area contributed by atoms with Crippen molar-refractivity contribution in [2.45, 2.75) is 62.9 Å². The first kappa shape index (κ1) is 21.1. The number of fused-ring (bicyclic) bond motifs is 2. The molecule has 1 aliphatic carbocycles. The van der Waals surface area contributed by atoms with E-state index in [2.05, 4.69) is 5.32 Å². The summed E-state index contributed by atoms with van der Waals surface area (Å²) in [6, 6.07) is 13.5. The topological polar surface area (TPSA) is 91.9 Å². The smallest absolute Gasteiger partial charge is 0.475 e. The third kappa shape index (κ3) is 4.27. The first-order valence-electron chi connectivity index (χ1n) is 11.4. The third-order valence-corrected chi connectivity index (χ3v) is 6.89. The van der Waals surface area contributed by atoms with E-state index in [1.807, 2.05) is 42.5 Å². The lowest BCUT2D eigenvalue weighted by atomic mass is 9.75. The van der Waals surface area contributed by atoms with E-state index in [-0.39, 0.29) is 24.3 Å². The molecule has 1 aliphatic heterocycles. The fourth-order valence-corrected chi connectivity index (χ4v) is 5.16. The largest absolute Gasteiger partial charge is 0.487 e. The van der Waals surface area contributed by atoms with Gasteiger partial charge in [-0.3, -0.25) is 4.79 Å². The summed E-state index contributed by atoms with van der Waals surface area (Å²) in [7, 11) is -1.67. The Morgan fingerprint density at radius 3 is 2.75 bits per heavy atom. The number of furan rings is 1. The van der Waals surface area contributed by atoms with Crippen LogP contribution in [0.4, 0.5) is 0 Å². The van der Waals surface area contributed by atoms with Gasteiger partial charge in [-0.15, -0.1) is 0 Å². The van der Waals surface area contributed by atoms with Crippen LogP contribution in [0, 0.1) is 0 Å². The number of amides is 1. The fraction of sp³-hybridized carbons (Fsp3) is 0.400. The van der Waals surface area contributed by atoms with Gasteiger partial charge in [0.2, 0.25) is 5.91 Å². The van der Waals surface area contributed by atoms with Crippen LogP contribution in [0.15, 0.2) is 53.1 Å². The maximum atomic E-state index is 12.7. The summed E-state index contributed by atoms with van der Waals surface area (Å²) in [6.07, 6.45) is 8.78. The summed E-state index contributed by atoms with van der Waals surface area (Å²) in [5.74, 6) is -0.135. The maximum absolute atomic E-state index is 12.7. The summed E-state index contributed by atoms with van der Waals surface area (Å²) in [4.78, 5) is 12.7. The Bertz CT molecular complexity index is 1120.